The lowest BCUT2D eigenvalue weighted by Crippen LogP contribution is -2.34. The van der Waals surface area contributed by atoms with E-state index in [4.69, 9.17) is 9.47 Å². The zero-order valence-corrected chi connectivity index (χ0v) is 14.9. The topological polar surface area (TPSA) is 72.9 Å². The second-order valence-corrected chi connectivity index (χ2v) is 5.76. The number of ether oxygens (including phenoxy) is 2. The minimum Gasteiger partial charge on any atom is -0.493 e. The maximum Gasteiger partial charge on any atom is 0.415 e. The highest BCUT2D eigenvalue weighted by atomic mass is 16.6. The summed E-state index contributed by atoms with van der Waals surface area (Å²) in [5.74, 6) is -0.436. The molecule has 0 aromatic heterocycles. The van der Waals surface area contributed by atoms with Gasteiger partial charge in [-0.15, -0.1) is 0 Å². The lowest BCUT2D eigenvalue weighted by molar-refractivity contribution is 0.0974. The number of rotatable bonds is 4. The Kier molecular flexibility index (Phi) is 4.75. The van der Waals surface area contributed by atoms with Gasteiger partial charge >= 0.3 is 6.09 Å². The molecule has 0 bridgehead atoms. The molecule has 0 fully saturated rings. The maximum absolute atomic E-state index is 13.0. The molecule has 1 aliphatic carbocycles. The number of hydrogen-bond donors (Lipinski definition) is 0. The zero-order chi connectivity index (χ0) is 18.8. The molecule has 1 amide bonds. The predicted molar refractivity (Wildman–Crippen MR) is 95.2 cm³/mol. The van der Waals surface area contributed by atoms with E-state index in [1.165, 1.54) is 24.1 Å². The van der Waals surface area contributed by atoms with Gasteiger partial charge in [-0.05, 0) is 26.0 Å². The molecule has 26 heavy (non-hydrogen) atoms. The molecule has 0 saturated carbocycles. The number of hydrogen-bond acceptors (Lipinski definition) is 5. The first kappa shape index (κ1) is 17.7. The van der Waals surface area contributed by atoms with Crippen LogP contribution in [0, 0.1) is 0 Å². The van der Waals surface area contributed by atoms with Crippen molar-refractivity contribution in [3.63, 3.8) is 0 Å². The van der Waals surface area contributed by atoms with Gasteiger partial charge in [0.15, 0.2) is 23.1 Å². The van der Waals surface area contributed by atoms with E-state index in [9.17, 15) is 14.4 Å². The number of fused-ring (bicyclic) bond motifs is 2. The highest BCUT2D eigenvalue weighted by Crippen LogP contribution is 2.39. The van der Waals surface area contributed by atoms with Crippen LogP contribution in [0.2, 0.25) is 0 Å². The van der Waals surface area contributed by atoms with Crippen LogP contribution in [0.4, 0.5) is 4.79 Å². The number of carbonyl (C=O) groups excluding carboxylic acids is 3. The van der Waals surface area contributed by atoms with Crippen LogP contribution in [-0.2, 0) is 0 Å². The fourth-order valence-electron chi connectivity index (χ4n) is 3.03. The molecule has 2 aromatic carbocycles. The molecule has 0 radical (unpaired) electrons. The summed E-state index contributed by atoms with van der Waals surface area (Å²) in [5.41, 5.74) is 0.903. The van der Waals surface area contributed by atoms with E-state index in [0.29, 0.717) is 24.2 Å². The molecule has 0 N–H and O–H groups in total. The molecule has 3 rings (SSSR count). The monoisotopic (exact) mass is 353 g/mol. The first-order valence-electron chi connectivity index (χ1n) is 8.39. The molecular formula is C20H19NO5. The minimum absolute atomic E-state index is 0.0187. The number of nitrogens with zero attached hydrogens (tertiary/aromatic N) is 1. The Bertz CT molecular complexity index is 899. The van der Waals surface area contributed by atoms with E-state index < -0.39 is 6.09 Å². The Morgan fingerprint density at radius 2 is 1.54 bits per heavy atom. The molecule has 0 saturated heterocycles. The number of benzene rings is 2. The van der Waals surface area contributed by atoms with Gasteiger partial charge in [0.2, 0.25) is 0 Å². The summed E-state index contributed by atoms with van der Waals surface area (Å²) in [6.45, 7) is 4.57. The normalized spacial score (nSPS) is 12.3. The van der Waals surface area contributed by atoms with Crippen molar-refractivity contribution in [3.8, 4) is 11.5 Å². The Labute approximate surface area is 151 Å². The summed E-state index contributed by atoms with van der Waals surface area (Å²) in [5, 5.41) is 0. The predicted octanol–water partition coefficient (Wildman–Crippen LogP) is 3.31. The molecule has 1 aliphatic rings. The van der Waals surface area contributed by atoms with E-state index in [1.807, 2.05) is 13.8 Å². The van der Waals surface area contributed by atoms with Crippen LogP contribution < -0.4 is 9.47 Å². The third-order valence-corrected chi connectivity index (χ3v) is 4.44. The van der Waals surface area contributed by atoms with Crippen molar-refractivity contribution >= 4 is 17.7 Å². The van der Waals surface area contributed by atoms with Crippen molar-refractivity contribution < 1.29 is 23.9 Å². The molecule has 0 spiro atoms. The Morgan fingerprint density at radius 1 is 0.923 bits per heavy atom. The molecule has 6 heteroatoms. The first-order chi connectivity index (χ1) is 12.5. The minimum atomic E-state index is -0.596. The average Bonchev–Trinajstić information content (AvgIpc) is 2.66. The molecule has 0 heterocycles. The molecule has 2 aromatic rings. The van der Waals surface area contributed by atoms with E-state index in [1.54, 1.807) is 24.3 Å². The van der Waals surface area contributed by atoms with Gasteiger partial charge in [-0.1, -0.05) is 24.3 Å². The fourth-order valence-corrected chi connectivity index (χ4v) is 3.03. The largest absolute Gasteiger partial charge is 0.493 e. The fraction of sp³-hybridized carbons (Fsp3) is 0.250. The Hall–Kier alpha value is -3.15. The van der Waals surface area contributed by atoms with Gasteiger partial charge in [-0.2, -0.15) is 0 Å². The summed E-state index contributed by atoms with van der Waals surface area (Å²) in [6, 6.07) is 9.66. The zero-order valence-electron chi connectivity index (χ0n) is 14.9. The third kappa shape index (κ3) is 2.73. The van der Waals surface area contributed by atoms with Crippen LogP contribution in [0.1, 0.15) is 45.7 Å². The summed E-state index contributed by atoms with van der Waals surface area (Å²) in [7, 11) is 1.42. The van der Waals surface area contributed by atoms with Gasteiger partial charge < -0.3 is 14.4 Å². The van der Waals surface area contributed by atoms with Crippen LogP contribution in [0.15, 0.2) is 36.4 Å². The highest BCUT2D eigenvalue weighted by Gasteiger charge is 2.34. The second-order valence-electron chi connectivity index (χ2n) is 5.76. The molecule has 6 nitrogen and oxygen atoms in total. The van der Waals surface area contributed by atoms with Crippen molar-refractivity contribution in [2.75, 3.05) is 20.2 Å². The summed E-state index contributed by atoms with van der Waals surface area (Å²) >= 11 is 0. The van der Waals surface area contributed by atoms with Gasteiger partial charge in [-0.25, -0.2) is 4.79 Å². The standard InChI is InChI=1S/C20H19NO5/c1-4-21(5-2)20(24)26-19-15(25-3)11-10-14-16(19)18(23)13-9-7-6-8-12(13)17(14)22/h6-11H,4-5H2,1-3H3. The summed E-state index contributed by atoms with van der Waals surface area (Å²) in [6.07, 6.45) is -0.596. The Morgan fingerprint density at radius 3 is 2.12 bits per heavy atom. The van der Waals surface area contributed by atoms with Gasteiger partial charge in [0.05, 0.1) is 12.7 Å². The smallest absolute Gasteiger partial charge is 0.415 e. The maximum atomic E-state index is 13.0. The van der Waals surface area contributed by atoms with E-state index in [-0.39, 0.29) is 34.2 Å². The van der Waals surface area contributed by atoms with Crippen molar-refractivity contribution in [1.82, 2.24) is 4.90 Å². The van der Waals surface area contributed by atoms with Gasteiger partial charge in [-0.3, -0.25) is 9.59 Å². The van der Waals surface area contributed by atoms with E-state index in [0.717, 1.165) is 0 Å². The first-order valence-corrected chi connectivity index (χ1v) is 8.39. The number of methoxy groups -OCH3 is 1. The number of carbonyl (C=O) groups is 3. The number of amides is 1. The summed E-state index contributed by atoms with van der Waals surface area (Å²) < 4.78 is 10.8. The molecular weight excluding hydrogens is 334 g/mol. The SMILES string of the molecule is CCN(CC)C(=O)Oc1c(OC)ccc2c1C(=O)c1ccccc1C2=O. The molecule has 0 unspecified atom stereocenters. The van der Waals surface area contributed by atoms with Crippen LogP contribution in [0.3, 0.4) is 0 Å². The molecule has 0 aliphatic heterocycles. The average molecular weight is 353 g/mol. The molecule has 134 valence electrons. The Balaban J connectivity index is 2.16. The second kappa shape index (κ2) is 7.00. The third-order valence-electron chi connectivity index (χ3n) is 4.44. The van der Waals surface area contributed by atoms with Crippen molar-refractivity contribution in [2.24, 2.45) is 0 Å². The van der Waals surface area contributed by atoms with Crippen LogP contribution in [0.25, 0.3) is 0 Å². The lowest BCUT2D eigenvalue weighted by atomic mass is 9.83. The lowest BCUT2D eigenvalue weighted by Gasteiger charge is -2.23. The van der Waals surface area contributed by atoms with Gasteiger partial charge in [0.25, 0.3) is 0 Å². The van der Waals surface area contributed by atoms with E-state index >= 15 is 0 Å². The number of ketones is 2. The van der Waals surface area contributed by atoms with Crippen LogP contribution in [0.5, 0.6) is 11.5 Å². The van der Waals surface area contributed by atoms with Crippen LogP contribution in [-0.4, -0.2) is 42.8 Å². The van der Waals surface area contributed by atoms with Gasteiger partial charge in [0, 0.05) is 29.8 Å². The van der Waals surface area contributed by atoms with Crippen LogP contribution >= 0.6 is 0 Å². The quantitative estimate of drug-likeness (QED) is 0.719. The molecule has 0 atom stereocenters. The summed E-state index contributed by atoms with van der Waals surface area (Å²) in [4.78, 5) is 39.7. The van der Waals surface area contributed by atoms with Crippen molar-refractivity contribution in [2.45, 2.75) is 13.8 Å². The van der Waals surface area contributed by atoms with E-state index in [2.05, 4.69) is 0 Å². The van der Waals surface area contributed by atoms with Crippen molar-refractivity contribution in [1.29, 1.82) is 0 Å². The van der Waals surface area contributed by atoms with Crippen molar-refractivity contribution in [3.05, 3.63) is 58.7 Å². The van der Waals surface area contributed by atoms with Gasteiger partial charge in [0.1, 0.15) is 0 Å². The highest BCUT2D eigenvalue weighted by molar-refractivity contribution is 6.29.